The first-order chi connectivity index (χ1) is 6.93. The number of rotatable bonds is 3. The van der Waals surface area contributed by atoms with Crippen LogP contribution in [0.5, 0.6) is 5.75 Å². The molecule has 0 aliphatic carbocycles. The molecule has 0 aliphatic rings. The van der Waals surface area contributed by atoms with Crippen LogP contribution in [0.1, 0.15) is 13.3 Å². The van der Waals surface area contributed by atoms with Gasteiger partial charge in [0.15, 0.2) is 0 Å². The van der Waals surface area contributed by atoms with E-state index in [1.807, 2.05) is 0 Å². The molecule has 1 aromatic carbocycles. The molecular formula is C11H15O3P. The zero-order valence-electron chi connectivity index (χ0n) is 9.19. The maximum Gasteiger partial charge on any atom is 0.310 e. The van der Waals surface area contributed by atoms with Crippen LogP contribution in [0.3, 0.4) is 0 Å². The Labute approximate surface area is 89.8 Å². The van der Waals surface area contributed by atoms with Gasteiger partial charge >= 0.3 is 5.97 Å². The van der Waals surface area contributed by atoms with E-state index in [2.05, 4.69) is 0 Å². The van der Waals surface area contributed by atoms with Crippen molar-refractivity contribution >= 4 is 18.4 Å². The Balaban J connectivity index is 2.82. The molecule has 0 amide bonds. The summed E-state index contributed by atoms with van der Waals surface area (Å²) >= 11 is 0. The molecule has 0 heterocycles. The maximum atomic E-state index is 11.7. The molecule has 82 valence electrons. The number of benzene rings is 1. The van der Waals surface area contributed by atoms with Crippen molar-refractivity contribution in [1.29, 1.82) is 0 Å². The summed E-state index contributed by atoms with van der Waals surface area (Å²) in [6, 6.07) is 6.81. The van der Waals surface area contributed by atoms with Gasteiger partial charge in [-0.2, -0.15) is 0 Å². The van der Waals surface area contributed by atoms with Gasteiger partial charge in [-0.05, 0) is 37.6 Å². The third kappa shape index (κ3) is 3.52. The third-order valence-electron chi connectivity index (χ3n) is 1.98. The van der Waals surface area contributed by atoms with E-state index < -0.39 is 7.14 Å². The number of ether oxygens (including phenoxy) is 1. The standard InChI is InChI=1S/C11H15O3P/c1-4-11(12)14-9-5-7-10(8-6-9)15(2,3)13/h5-8H,4H2,1-3H3. The lowest BCUT2D eigenvalue weighted by molar-refractivity contribution is -0.134. The van der Waals surface area contributed by atoms with E-state index in [1.54, 1.807) is 44.5 Å². The Kier molecular flexibility index (Phi) is 3.70. The maximum absolute atomic E-state index is 11.7. The summed E-state index contributed by atoms with van der Waals surface area (Å²) < 4.78 is 16.7. The monoisotopic (exact) mass is 226 g/mol. The number of carbonyl (C=O) groups is 1. The zero-order valence-corrected chi connectivity index (χ0v) is 10.1. The Morgan fingerprint density at radius 3 is 2.20 bits per heavy atom. The molecule has 0 radical (unpaired) electrons. The third-order valence-corrected chi connectivity index (χ3v) is 3.52. The largest absolute Gasteiger partial charge is 0.427 e. The lowest BCUT2D eigenvalue weighted by atomic mass is 10.3. The molecule has 0 spiro atoms. The van der Waals surface area contributed by atoms with Gasteiger partial charge in [-0.15, -0.1) is 0 Å². The Morgan fingerprint density at radius 2 is 1.80 bits per heavy atom. The average Bonchev–Trinajstić information content (AvgIpc) is 2.17. The van der Waals surface area contributed by atoms with E-state index in [1.165, 1.54) is 0 Å². The normalized spacial score (nSPS) is 11.1. The molecule has 0 unspecified atom stereocenters. The molecule has 4 heteroatoms. The van der Waals surface area contributed by atoms with Gasteiger partial charge in [-0.3, -0.25) is 4.79 Å². The summed E-state index contributed by atoms with van der Waals surface area (Å²) in [6.45, 7) is 5.16. The van der Waals surface area contributed by atoms with E-state index in [9.17, 15) is 9.36 Å². The highest BCUT2D eigenvalue weighted by Crippen LogP contribution is 2.34. The van der Waals surface area contributed by atoms with Crippen molar-refractivity contribution in [1.82, 2.24) is 0 Å². The van der Waals surface area contributed by atoms with Crippen molar-refractivity contribution in [3.8, 4) is 5.75 Å². The lowest BCUT2D eigenvalue weighted by Gasteiger charge is -2.07. The molecule has 3 nitrogen and oxygen atoms in total. The molecule has 0 N–H and O–H groups in total. The molecule has 1 rings (SSSR count). The molecule has 1 aromatic rings. The van der Waals surface area contributed by atoms with Crippen LogP contribution >= 0.6 is 7.14 Å². The minimum atomic E-state index is -2.22. The fourth-order valence-electron chi connectivity index (χ4n) is 1.08. The highest BCUT2D eigenvalue weighted by molar-refractivity contribution is 7.70. The molecule has 0 saturated heterocycles. The van der Waals surface area contributed by atoms with Crippen LogP contribution in [0.25, 0.3) is 0 Å². The first-order valence-corrected chi connectivity index (χ1v) is 7.40. The van der Waals surface area contributed by atoms with Gasteiger partial charge in [0.25, 0.3) is 0 Å². The van der Waals surface area contributed by atoms with E-state index in [0.717, 1.165) is 5.30 Å². The van der Waals surface area contributed by atoms with Gasteiger partial charge in [0, 0.05) is 11.7 Å². The van der Waals surface area contributed by atoms with Crippen LogP contribution in [-0.4, -0.2) is 19.3 Å². The molecule has 0 aliphatic heterocycles. The van der Waals surface area contributed by atoms with Crippen LogP contribution in [0, 0.1) is 0 Å². The Hall–Kier alpha value is -1.08. The van der Waals surface area contributed by atoms with Crippen molar-refractivity contribution in [3.05, 3.63) is 24.3 Å². The fraction of sp³-hybridized carbons (Fsp3) is 0.364. The average molecular weight is 226 g/mol. The second-order valence-electron chi connectivity index (χ2n) is 3.67. The first-order valence-electron chi connectivity index (χ1n) is 4.80. The van der Waals surface area contributed by atoms with E-state index >= 15 is 0 Å². The van der Waals surface area contributed by atoms with Gasteiger partial charge in [-0.25, -0.2) is 0 Å². The summed E-state index contributed by atoms with van der Waals surface area (Å²) in [4.78, 5) is 11.0. The van der Waals surface area contributed by atoms with Gasteiger partial charge in [0.1, 0.15) is 12.9 Å². The molecule has 0 fully saturated rings. The van der Waals surface area contributed by atoms with Crippen LogP contribution in [-0.2, 0) is 9.36 Å². The number of carbonyl (C=O) groups excluding carboxylic acids is 1. The van der Waals surface area contributed by atoms with Crippen LogP contribution in [0.15, 0.2) is 24.3 Å². The lowest BCUT2D eigenvalue weighted by Crippen LogP contribution is -2.07. The summed E-state index contributed by atoms with van der Waals surface area (Å²) in [5.41, 5.74) is 0. The second-order valence-corrected chi connectivity index (χ2v) is 6.89. The Bertz CT molecular complexity index is 389. The van der Waals surface area contributed by atoms with Gasteiger partial charge in [0.2, 0.25) is 0 Å². The smallest absolute Gasteiger partial charge is 0.310 e. The van der Waals surface area contributed by atoms with Crippen LogP contribution in [0.4, 0.5) is 0 Å². The summed E-state index contributed by atoms with van der Waals surface area (Å²) in [5, 5.41) is 0.791. The highest BCUT2D eigenvalue weighted by Gasteiger charge is 2.10. The van der Waals surface area contributed by atoms with E-state index in [4.69, 9.17) is 4.74 Å². The van der Waals surface area contributed by atoms with Crippen molar-refractivity contribution in [3.63, 3.8) is 0 Å². The summed E-state index contributed by atoms with van der Waals surface area (Å²) in [7, 11) is -2.22. The molecule has 0 aromatic heterocycles. The minimum absolute atomic E-state index is 0.265. The van der Waals surface area contributed by atoms with Gasteiger partial charge < -0.3 is 9.30 Å². The minimum Gasteiger partial charge on any atom is -0.427 e. The first kappa shape index (κ1) is 12.0. The Morgan fingerprint density at radius 1 is 1.27 bits per heavy atom. The van der Waals surface area contributed by atoms with Crippen LogP contribution in [0.2, 0.25) is 0 Å². The second kappa shape index (κ2) is 4.63. The van der Waals surface area contributed by atoms with E-state index in [0.29, 0.717) is 12.2 Å². The zero-order chi connectivity index (χ0) is 11.5. The molecular weight excluding hydrogens is 211 g/mol. The topological polar surface area (TPSA) is 43.4 Å². The molecule has 15 heavy (non-hydrogen) atoms. The van der Waals surface area contributed by atoms with Crippen molar-refractivity contribution < 1.29 is 14.1 Å². The number of hydrogen-bond donors (Lipinski definition) is 0. The van der Waals surface area contributed by atoms with Crippen molar-refractivity contribution in [2.45, 2.75) is 13.3 Å². The van der Waals surface area contributed by atoms with E-state index in [-0.39, 0.29) is 5.97 Å². The van der Waals surface area contributed by atoms with Crippen LogP contribution < -0.4 is 10.0 Å². The van der Waals surface area contributed by atoms with Crippen molar-refractivity contribution in [2.24, 2.45) is 0 Å². The number of esters is 1. The predicted molar refractivity (Wildman–Crippen MR) is 61.5 cm³/mol. The van der Waals surface area contributed by atoms with Crippen molar-refractivity contribution in [2.75, 3.05) is 13.3 Å². The highest BCUT2D eigenvalue weighted by atomic mass is 31.2. The summed E-state index contributed by atoms with van der Waals surface area (Å²) in [5.74, 6) is 0.234. The predicted octanol–water partition coefficient (Wildman–Crippen LogP) is 2.25. The van der Waals surface area contributed by atoms with Gasteiger partial charge in [0.05, 0.1) is 0 Å². The molecule has 0 atom stereocenters. The SMILES string of the molecule is CCC(=O)Oc1ccc(P(C)(C)=O)cc1. The molecule has 0 saturated carbocycles. The summed E-state index contributed by atoms with van der Waals surface area (Å²) in [6.07, 6.45) is 0.349. The number of hydrogen-bond acceptors (Lipinski definition) is 3. The molecule has 0 bridgehead atoms. The van der Waals surface area contributed by atoms with Gasteiger partial charge in [-0.1, -0.05) is 6.92 Å². The quantitative estimate of drug-likeness (QED) is 0.451. The fourth-order valence-corrected chi connectivity index (χ4v) is 1.94.